The van der Waals surface area contributed by atoms with Crippen LogP contribution in [0.3, 0.4) is 0 Å². The van der Waals surface area contributed by atoms with Crippen molar-refractivity contribution >= 4 is 28.3 Å². The fourth-order valence-electron chi connectivity index (χ4n) is 3.52. The highest BCUT2D eigenvalue weighted by molar-refractivity contribution is 7.86. The van der Waals surface area contributed by atoms with Crippen LogP contribution < -0.4 is 10.2 Å². The molecule has 2 aromatic rings. The maximum absolute atomic E-state index is 12.6. The number of ether oxygens (including phenoxy) is 1. The first-order valence-corrected chi connectivity index (χ1v) is 10.7. The normalized spacial score (nSPS) is 21.4. The van der Waals surface area contributed by atoms with Crippen molar-refractivity contribution in [2.24, 2.45) is 0 Å². The summed E-state index contributed by atoms with van der Waals surface area (Å²) in [5.74, 6) is -0.460. The Labute approximate surface area is 166 Å². The van der Waals surface area contributed by atoms with Crippen molar-refractivity contribution in [2.75, 3.05) is 23.8 Å². The standard InChI is InChI=1S/C21H22N2O4S/c24-20-14-28(26)19-9-8-16(21(25)22-12-17-7-4-10-27-17)11-18(19)23(20)13-15-5-2-1-3-6-15/h1-3,5-6,8-9,11,17H,4,7,10,12-14H2,(H,22,25)/t17-,28-/m0/s1. The van der Waals surface area contributed by atoms with Gasteiger partial charge >= 0.3 is 0 Å². The number of fused-ring (bicyclic) bond motifs is 1. The summed E-state index contributed by atoms with van der Waals surface area (Å²) in [6.07, 6.45) is 2.02. The van der Waals surface area contributed by atoms with E-state index < -0.39 is 10.8 Å². The van der Waals surface area contributed by atoms with Gasteiger partial charge in [0, 0.05) is 18.7 Å². The third-order valence-corrected chi connectivity index (χ3v) is 6.36. The first-order chi connectivity index (χ1) is 13.6. The van der Waals surface area contributed by atoms with Gasteiger partial charge in [-0.3, -0.25) is 13.8 Å². The molecule has 28 heavy (non-hydrogen) atoms. The van der Waals surface area contributed by atoms with Gasteiger partial charge in [-0.1, -0.05) is 30.3 Å². The Bertz CT molecular complexity index is 910. The lowest BCUT2D eigenvalue weighted by atomic mass is 10.1. The fourth-order valence-corrected chi connectivity index (χ4v) is 4.68. The van der Waals surface area contributed by atoms with Crippen LogP contribution >= 0.6 is 0 Å². The number of amides is 2. The van der Waals surface area contributed by atoms with Crippen LogP contribution in [0.1, 0.15) is 28.8 Å². The molecular weight excluding hydrogens is 376 g/mol. The Balaban J connectivity index is 1.57. The summed E-state index contributed by atoms with van der Waals surface area (Å²) in [4.78, 5) is 27.3. The van der Waals surface area contributed by atoms with Gasteiger partial charge in [0.15, 0.2) is 0 Å². The second-order valence-electron chi connectivity index (χ2n) is 6.98. The van der Waals surface area contributed by atoms with Gasteiger partial charge in [0.1, 0.15) is 5.75 Å². The van der Waals surface area contributed by atoms with Crippen LogP contribution in [0.4, 0.5) is 5.69 Å². The van der Waals surface area contributed by atoms with Crippen LogP contribution in [0.5, 0.6) is 0 Å². The first kappa shape index (κ1) is 18.8. The SMILES string of the molecule is O=C(NC[C@@H]1CCCO1)c1ccc2c(c1)N(Cc1ccccc1)C(=O)C[S@@]2=O. The zero-order valence-electron chi connectivity index (χ0n) is 15.4. The molecule has 0 aromatic heterocycles. The molecular formula is C21H22N2O4S. The summed E-state index contributed by atoms with van der Waals surface area (Å²) in [7, 11) is -1.39. The monoisotopic (exact) mass is 398 g/mol. The molecule has 2 aliphatic heterocycles. The van der Waals surface area contributed by atoms with Gasteiger partial charge in [0.05, 0.1) is 34.0 Å². The summed E-state index contributed by atoms with van der Waals surface area (Å²) in [5.41, 5.74) is 1.97. The van der Waals surface area contributed by atoms with Crippen molar-refractivity contribution in [3.63, 3.8) is 0 Å². The van der Waals surface area contributed by atoms with E-state index in [4.69, 9.17) is 4.74 Å². The molecule has 7 heteroatoms. The molecule has 0 saturated carbocycles. The molecule has 2 aliphatic rings. The second-order valence-corrected chi connectivity index (χ2v) is 8.40. The van der Waals surface area contributed by atoms with Crippen molar-refractivity contribution < 1.29 is 18.5 Å². The molecule has 146 valence electrons. The van der Waals surface area contributed by atoms with Crippen LogP contribution in [0, 0.1) is 0 Å². The summed E-state index contributed by atoms with van der Waals surface area (Å²) in [6.45, 7) is 1.58. The number of carbonyl (C=O) groups excluding carboxylic acids is 2. The Morgan fingerprint density at radius 1 is 1.21 bits per heavy atom. The molecule has 1 fully saturated rings. The Morgan fingerprint density at radius 2 is 2.04 bits per heavy atom. The fraction of sp³-hybridized carbons (Fsp3) is 0.333. The van der Waals surface area contributed by atoms with Gasteiger partial charge < -0.3 is 15.0 Å². The molecule has 4 rings (SSSR count). The number of rotatable bonds is 5. The van der Waals surface area contributed by atoms with Gasteiger partial charge in [-0.05, 0) is 36.6 Å². The third kappa shape index (κ3) is 4.00. The number of anilines is 1. The predicted molar refractivity (Wildman–Crippen MR) is 107 cm³/mol. The van der Waals surface area contributed by atoms with Crippen molar-refractivity contribution in [1.29, 1.82) is 0 Å². The topological polar surface area (TPSA) is 75.7 Å². The van der Waals surface area contributed by atoms with E-state index in [0.717, 1.165) is 25.0 Å². The molecule has 0 radical (unpaired) electrons. The molecule has 1 N–H and O–H groups in total. The molecule has 2 aromatic carbocycles. The van der Waals surface area contributed by atoms with Crippen LogP contribution in [-0.2, 0) is 26.9 Å². The first-order valence-electron chi connectivity index (χ1n) is 9.38. The summed E-state index contributed by atoms with van der Waals surface area (Å²) in [6, 6.07) is 14.6. The lowest BCUT2D eigenvalue weighted by molar-refractivity contribution is -0.116. The maximum atomic E-state index is 12.6. The van der Waals surface area contributed by atoms with E-state index in [-0.39, 0.29) is 23.7 Å². The number of hydrogen-bond donors (Lipinski definition) is 1. The highest BCUT2D eigenvalue weighted by Gasteiger charge is 2.30. The lowest BCUT2D eigenvalue weighted by Gasteiger charge is -2.29. The Kier molecular flexibility index (Phi) is 5.54. The van der Waals surface area contributed by atoms with Gasteiger partial charge in [-0.25, -0.2) is 0 Å². The number of hydrogen-bond acceptors (Lipinski definition) is 4. The van der Waals surface area contributed by atoms with E-state index in [0.29, 0.717) is 29.2 Å². The maximum Gasteiger partial charge on any atom is 0.251 e. The van der Waals surface area contributed by atoms with Crippen LogP contribution in [0.25, 0.3) is 0 Å². The molecule has 0 spiro atoms. The highest BCUT2D eigenvalue weighted by atomic mass is 32.2. The summed E-state index contributed by atoms with van der Waals surface area (Å²) < 4.78 is 18.0. The van der Waals surface area contributed by atoms with Crippen LogP contribution in [0.15, 0.2) is 53.4 Å². The summed E-state index contributed by atoms with van der Waals surface area (Å²) in [5, 5.41) is 2.89. The van der Waals surface area contributed by atoms with Crippen molar-refractivity contribution in [3.8, 4) is 0 Å². The van der Waals surface area contributed by atoms with E-state index in [9.17, 15) is 13.8 Å². The second kappa shape index (κ2) is 8.24. The smallest absolute Gasteiger partial charge is 0.251 e. The van der Waals surface area contributed by atoms with E-state index in [1.54, 1.807) is 23.1 Å². The molecule has 2 amide bonds. The quantitative estimate of drug-likeness (QED) is 0.838. The number of nitrogens with one attached hydrogen (secondary N) is 1. The lowest BCUT2D eigenvalue weighted by Crippen LogP contribution is -2.39. The third-order valence-electron chi connectivity index (χ3n) is 5.01. The summed E-state index contributed by atoms with van der Waals surface area (Å²) >= 11 is 0. The van der Waals surface area contributed by atoms with Crippen molar-refractivity contribution in [3.05, 3.63) is 59.7 Å². The minimum atomic E-state index is -1.39. The Hall–Kier alpha value is -2.51. The van der Waals surface area contributed by atoms with Crippen LogP contribution in [-0.4, -0.2) is 41.0 Å². The largest absolute Gasteiger partial charge is 0.376 e. The van der Waals surface area contributed by atoms with Gasteiger partial charge in [-0.2, -0.15) is 0 Å². The van der Waals surface area contributed by atoms with E-state index in [1.807, 2.05) is 30.3 Å². The van der Waals surface area contributed by atoms with Crippen LogP contribution in [0.2, 0.25) is 0 Å². The van der Waals surface area contributed by atoms with Crippen molar-refractivity contribution in [1.82, 2.24) is 5.32 Å². The molecule has 2 atom stereocenters. The number of nitrogens with zero attached hydrogens (tertiary/aromatic N) is 1. The Morgan fingerprint density at radius 3 is 2.79 bits per heavy atom. The van der Waals surface area contributed by atoms with E-state index in [2.05, 4.69) is 5.32 Å². The molecule has 2 heterocycles. The number of benzene rings is 2. The average Bonchev–Trinajstić information content (AvgIpc) is 3.23. The minimum absolute atomic E-state index is 0.0373. The molecule has 0 unspecified atom stereocenters. The van der Waals surface area contributed by atoms with Gasteiger partial charge in [0.2, 0.25) is 5.91 Å². The predicted octanol–water partition coefficient (Wildman–Crippen LogP) is 2.25. The van der Waals surface area contributed by atoms with Crippen molar-refractivity contribution in [2.45, 2.75) is 30.4 Å². The molecule has 0 bridgehead atoms. The number of carbonyl (C=O) groups is 2. The van der Waals surface area contributed by atoms with Gasteiger partial charge in [-0.15, -0.1) is 0 Å². The molecule has 1 saturated heterocycles. The molecule has 6 nitrogen and oxygen atoms in total. The average molecular weight is 398 g/mol. The zero-order chi connectivity index (χ0) is 19.5. The zero-order valence-corrected chi connectivity index (χ0v) is 16.2. The van der Waals surface area contributed by atoms with Gasteiger partial charge in [0.25, 0.3) is 5.91 Å². The highest BCUT2D eigenvalue weighted by Crippen LogP contribution is 2.31. The van der Waals surface area contributed by atoms with E-state index in [1.165, 1.54) is 0 Å². The van der Waals surface area contributed by atoms with E-state index >= 15 is 0 Å². The molecule has 0 aliphatic carbocycles. The minimum Gasteiger partial charge on any atom is -0.376 e.